The van der Waals surface area contributed by atoms with Crippen LogP contribution >= 0.6 is 0 Å². The Kier molecular flexibility index (Phi) is 5.31. The Morgan fingerprint density at radius 1 is 1.19 bits per heavy atom. The van der Waals surface area contributed by atoms with Gasteiger partial charge in [-0.1, -0.05) is 19.1 Å². The number of rotatable bonds is 4. The molecule has 8 unspecified atom stereocenters. The topological polar surface area (TPSA) is 78.6 Å². The summed E-state index contributed by atoms with van der Waals surface area (Å²) < 4.78 is 20.3. The minimum absolute atomic E-state index is 0.0796. The number of hydrogen-bond acceptors (Lipinski definition) is 6. The fourth-order valence-corrected chi connectivity index (χ4v) is 5.45. The van der Waals surface area contributed by atoms with E-state index in [1.807, 2.05) is 13.1 Å². The average molecular weight is 380 g/mol. The maximum absolute atomic E-state index is 11.8. The smallest absolute Gasteiger partial charge is 0.190 e. The van der Waals surface area contributed by atoms with Gasteiger partial charge in [-0.2, -0.15) is 0 Å². The molecule has 2 aliphatic heterocycles. The van der Waals surface area contributed by atoms with Gasteiger partial charge in [0, 0.05) is 18.4 Å². The number of aromatic nitrogens is 3. The molecule has 0 bridgehead atoms. The summed E-state index contributed by atoms with van der Waals surface area (Å²) in [5, 5.41) is 20.0. The molecule has 2 saturated heterocycles. The van der Waals surface area contributed by atoms with Gasteiger partial charge in [-0.15, -0.1) is 5.10 Å². The molecule has 7 heteroatoms. The molecule has 1 aromatic heterocycles. The average Bonchev–Trinajstić information content (AvgIpc) is 3.05. The zero-order chi connectivity index (χ0) is 19.2. The normalized spacial score (nSPS) is 44.6. The van der Waals surface area contributed by atoms with Crippen molar-refractivity contribution < 1.29 is 19.3 Å². The summed E-state index contributed by atoms with van der Waals surface area (Å²) in [4.78, 5) is 0. The third-order valence-corrected chi connectivity index (χ3v) is 7.05. The lowest BCUT2D eigenvalue weighted by molar-refractivity contribution is -0.383. The molecule has 1 aliphatic carbocycles. The van der Waals surface area contributed by atoms with Crippen molar-refractivity contribution in [2.45, 2.75) is 90.8 Å². The number of aryl methyl sites for hydroxylation is 1. The second-order valence-electron chi connectivity index (χ2n) is 8.75. The highest BCUT2D eigenvalue weighted by atomic mass is 16.8. The summed E-state index contributed by atoms with van der Waals surface area (Å²) >= 11 is 0. The molecule has 1 saturated carbocycles. The fraction of sp³-hybridized carbons (Fsp3) is 0.900. The SMILES string of the molecule is CCn1cc(COC2OC3OC(C)CCC4C(C)CCC(C2C)C34O)nn1. The van der Waals surface area contributed by atoms with Gasteiger partial charge in [-0.05, 0) is 51.4 Å². The quantitative estimate of drug-likeness (QED) is 0.867. The molecular weight excluding hydrogens is 346 g/mol. The first-order valence-corrected chi connectivity index (χ1v) is 10.5. The minimum Gasteiger partial charge on any atom is -0.384 e. The van der Waals surface area contributed by atoms with Crippen molar-refractivity contribution in [1.29, 1.82) is 0 Å². The first-order chi connectivity index (χ1) is 12.9. The van der Waals surface area contributed by atoms with Crippen LogP contribution in [0.4, 0.5) is 0 Å². The molecule has 8 atom stereocenters. The van der Waals surface area contributed by atoms with Crippen molar-refractivity contribution in [3.05, 3.63) is 11.9 Å². The van der Waals surface area contributed by atoms with Gasteiger partial charge in [0.2, 0.25) is 0 Å². The first kappa shape index (κ1) is 19.3. The zero-order valence-corrected chi connectivity index (χ0v) is 16.9. The summed E-state index contributed by atoms with van der Waals surface area (Å²) in [5.74, 6) is 0.928. The Morgan fingerprint density at radius 3 is 2.70 bits per heavy atom. The number of ether oxygens (including phenoxy) is 3. The van der Waals surface area contributed by atoms with E-state index in [-0.39, 0.29) is 23.9 Å². The Bertz CT molecular complexity index is 653. The summed E-state index contributed by atoms with van der Waals surface area (Å²) in [5.41, 5.74) is -0.133. The molecule has 3 heterocycles. The van der Waals surface area contributed by atoms with Crippen molar-refractivity contribution in [2.24, 2.45) is 23.7 Å². The van der Waals surface area contributed by atoms with E-state index in [1.165, 1.54) is 0 Å². The highest BCUT2D eigenvalue weighted by molar-refractivity contribution is 5.06. The number of hydrogen-bond donors (Lipinski definition) is 1. The van der Waals surface area contributed by atoms with E-state index in [4.69, 9.17) is 14.2 Å². The van der Waals surface area contributed by atoms with Gasteiger partial charge in [0.25, 0.3) is 0 Å². The van der Waals surface area contributed by atoms with E-state index in [1.54, 1.807) is 4.68 Å². The van der Waals surface area contributed by atoms with Crippen molar-refractivity contribution in [2.75, 3.05) is 0 Å². The lowest BCUT2D eigenvalue weighted by Gasteiger charge is -2.57. The van der Waals surface area contributed by atoms with Crippen LogP contribution in [0, 0.1) is 23.7 Å². The van der Waals surface area contributed by atoms with Gasteiger partial charge >= 0.3 is 0 Å². The largest absolute Gasteiger partial charge is 0.384 e. The summed E-state index contributed by atoms with van der Waals surface area (Å²) in [7, 11) is 0. The Morgan fingerprint density at radius 2 is 1.96 bits per heavy atom. The monoisotopic (exact) mass is 379 g/mol. The second kappa shape index (κ2) is 7.43. The summed E-state index contributed by atoms with van der Waals surface area (Å²) in [6, 6.07) is 0. The van der Waals surface area contributed by atoms with Gasteiger partial charge in [-0.3, -0.25) is 4.68 Å². The molecule has 4 rings (SSSR count). The minimum atomic E-state index is -0.924. The summed E-state index contributed by atoms with van der Waals surface area (Å²) in [6.45, 7) is 9.62. The predicted octanol–water partition coefficient (Wildman–Crippen LogP) is 2.73. The first-order valence-electron chi connectivity index (χ1n) is 10.5. The van der Waals surface area contributed by atoms with E-state index in [2.05, 4.69) is 31.1 Å². The number of aliphatic hydroxyl groups is 1. The van der Waals surface area contributed by atoms with Gasteiger partial charge < -0.3 is 19.3 Å². The van der Waals surface area contributed by atoms with Crippen LogP contribution < -0.4 is 0 Å². The van der Waals surface area contributed by atoms with Gasteiger partial charge in [0.05, 0.1) is 18.9 Å². The van der Waals surface area contributed by atoms with Crippen LogP contribution in [0.3, 0.4) is 0 Å². The van der Waals surface area contributed by atoms with Gasteiger partial charge in [0.1, 0.15) is 11.3 Å². The van der Waals surface area contributed by atoms with Crippen molar-refractivity contribution in [3.63, 3.8) is 0 Å². The molecule has 152 valence electrons. The van der Waals surface area contributed by atoms with Crippen LogP contribution in [0.1, 0.15) is 59.1 Å². The molecule has 0 amide bonds. The van der Waals surface area contributed by atoms with Crippen LogP contribution in [0.15, 0.2) is 6.20 Å². The van der Waals surface area contributed by atoms with E-state index >= 15 is 0 Å². The maximum Gasteiger partial charge on any atom is 0.190 e. The van der Waals surface area contributed by atoms with Crippen molar-refractivity contribution in [1.82, 2.24) is 15.0 Å². The molecule has 1 N–H and O–H groups in total. The maximum atomic E-state index is 11.8. The molecule has 0 aromatic carbocycles. The van der Waals surface area contributed by atoms with E-state index in [0.29, 0.717) is 12.5 Å². The van der Waals surface area contributed by atoms with Gasteiger partial charge in [-0.25, -0.2) is 0 Å². The van der Waals surface area contributed by atoms with Crippen molar-refractivity contribution in [3.8, 4) is 0 Å². The molecule has 1 aromatic rings. The number of nitrogens with zero attached hydrogens (tertiary/aromatic N) is 3. The van der Waals surface area contributed by atoms with Gasteiger partial charge in [0.15, 0.2) is 12.6 Å². The van der Waals surface area contributed by atoms with E-state index in [0.717, 1.165) is 37.9 Å². The third kappa shape index (κ3) is 3.33. The Labute approximate surface area is 161 Å². The molecule has 7 nitrogen and oxygen atoms in total. The predicted molar refractivity (Wildman–Crippen MR) is 98.4 cm³/mol. The molecule has 3 aliphatic rings. The molecule has 27 heavy (non-hydrogen) atoms. The lowest BCUT2D eigenvalue weighted by Crippen LogP contribution is -2.66. The molecule has 0 spiro atoms. The van der Waals surface area contributed by atoms with E-state index in [9.17, 15) is 5.11 Å². The zero-order valence-electron chi connectivity index (χ0n) is 16.9. The highest BCUT2D eigenvalue weighted by Crippen LogP contribution is 2.54. The van der Waals surface area contributed by atoms with Crippen LogP contribution in [-0.4, -0.2) is 44.4 Å². The molecule has 3 fully saturated rings. The third-order valence-electron chi connectivity index (χ3n) is 7.05. The molecular formula is C20H33N3O4. The van der Waals surface area contributed by atoms with Crippen molar-refractivity contribution >= 4 is 0 Å². The van der Waals surface area contributed by atoms with Crippen LogP contribution in [0.25, 0.3) is 0 Å². The highest BCUT2D eigenvalue weighted by Gasteiger charge is 2.62. The van der Waals surface area contributed by atoms with E-state index < -0.39 is 18.2 Å². The van der Waals surface area contributed by atoms with Crippen LogP contribution in [0.2, 0.25) is 0 Å². The summed E-state index contributed by atoms with van der Waals surface area (Å²) in [6.07, 6.45) is 5.02. The lowest BCUT2D eigenvalue weighted by atomic mass is 9.58. The Balaban J connectivity index is 1.53. The van der Waals surface area contributed by atoms with Crippen LogP contribution in [-0.2, 0) is 27.4 Å². The Hall–Kier alpha value is -1.02. The standard InChI is InChI=1S/C20H33N3O4/c1-5-23-10-15(21-22-23)11-25-18-14(4)17-8-6-12(2)16-9-7-13(3)26-19(27-18)20(16,17)24/h10,12-14,16-19,24H,5-9,11H2,1-4H3. The van der Waals surface area contributed by atoms with Crippen LogP contribution in [0.5, 0.6) is 0 Å². The molecule has 0 radical (unpaired) electrons. The second-order valence-corrected chi connectivity index (χ2v) is 8.75. The fourth-order valence-electron chi connectivity index (χ4n) is 5.45.